The molecule has 1 aromatic rings. The molecule has 2 saturated heterocycles. The van der Waals surface area contributed by atoms with Crippen molar-refractivity contribution in [3.63, 3.8) is 0 Å². The first-order valence-electron chi connectivity index (χ1n) is 8.66. The Kier molecular flexibility index (Phi) is 4.04. The van der Waals surface area contributed by atoms with Crippen LogP contribution < -0.4 is 4.90 Å². The van der Waals surface area contributed by atoms with Crippen LogP contribution in [0, 0.1) is 0 Å². The van der Waals surface area contributed by atoms with E-state index in [2.05, 4.69) is 0 Å². The van der Waals surface area contributed by atoms with E-state index < -0.39 is 10.0 Å². The maximum absolute atomic E-state index is 12.7. The smallest absolute Gasteiger partial charge is 0.312 e. The number of carbonyl (C=O) groups is 2. The van der Waals surface area contributed by atoms with Crippen molar-refractivity contribution in [1.82, 2.24) is 9.21 Å². The highest BCUT2D eigenvalue weighted by atomic mass is 32.2. The van der Waals surface area contributed by atoms with Crippen LogP contribution in [0.25, 0.3) is 0 Å². The summed E-state index contributed by atoms with van der Waals surface area (Å²) in [5.41, 5.74) is 0.578. The molecule has 0 bridgehead atoms. The molecule has 25 heavy (non-hydrogen) atoms. The molecule has 0 atom stereocenters. The first-order valence-corrected chi connectivity index (χ1v) is 10.2. The molecular weight excluding hydrogens is 342 g/mol. The molecule has 3 fully saturated rings. The lowest BCUT2D eigenvalue weighted by Gasteiger charge is -2.35. The summed E-state index contributed by atoms with van der Waals surface area (Å²) < 4.78 is 26.2. The molecule has 0 radical (unpaired) electrons. The van der Waals surface area contributed by atoms with Crippen molar-refractivity contribution in [3.05, 3.63) is 30.3 Å². The summed E-state index contributed by atoms with van der Waals surface area (Å²) >= 11 is 0. The first-order chi connectivity index (χ1) is 12.0. The molecule has 8 heteroatoms. The van der Waals surface area contributed by atoms with Gasteiger partial charge in [-0.2, -0.15) is 0 Å². The zero-order valence-electron chi connectivity index (χ0n) is 13.9. The monoisotopic (exact) mass is 363 g/mol. The number of anilines is 1. The molecular formula is C17H21N3O4S. The molecule has 1 saturated carbocycles. The standard InChI is InChI=1S/C17H21N3O4S/c21-16-12-19(17(22)20(16)14-4-2-1-3-5-14)13-8-10-18(11-9-13)25(23,24)15-6-7-15/h1-5,13,15H,6-12H2. The highest BCUT2D eigenvalue weighted by molar-refractivity contribution is 7.90. The number of nitrogens with zero attached hydrogens (tertiary/aromatic N) is 3. The van der Waals surface area contributed by atoms with Gasteiger partial charge >= 0.3 is 6.03 Å². The number of hydrogen-bond acceptors (Lipinski definition) is 4. The Morgan fingerprint density at radius 2 is 1.56 bits per heavy atom. The van der Waals surface area contributed by atoms with E-state index in [0.717, 1.165) is 12.8 Å². The molecule has 0 unspecified atom stereocenters. The predicted octanol–water partition coefficient (Wildman–Crippen LogP) is 1.41. The molecule has 0 N–H and O–H groups in total. The normalized spacial score (nSPS) is 23.5. The van der Waals surface area contributed by atoms with Crippen LogP contribution in [0.2, 0.25) is 0 Å². The summed E-state index contributed by atoms with van der Waals surface area (Å²) in [6.45, 7) is 0.910. The summed E-state index contributed by atoms with van der Waals surface area (Å²) in [6, 6.07) is 8.51. The van der Waals surface area contributed by atoms with Gasteiger partial charge in [-0.3, -0.25) is 4.79 Å². The Morgan fingerprint density at radius 3 is 2.16 bits per heavy atom. The van der Waals surface area contributed by atoms with Gasteiger partial charge in [0.05, 0.1) is 10.9 Å². The Bertz CT molecular complexity index is 783. The number of rotatable bonds is 4. The van der Waals surface area contributed by atoms with Crippen LogP contribution in [0.5, 0.6) is 0 Å². The van der Waals surface area contributed by atoms with Gasteiger partial charge in [0.1, 0.15) is 6.54 Å². The van der Waals surface area contributed by atoms with Crippen LogP contribution in [-0.4, -0.2) is 60.5 Å². The van der Waals surface area contributed by atoms with Crippen molar-refractivity contribution in [2.24, 2.45) is 0 Å². The molecule has 4 rings (SSSR count). The summed E-state index contributed by atoms with van der Waals surface area (Å²) in [4.78, 5) is 27.8. The van der Waals surface area contributed by atoms with Crippen molar-refractivity contribution >= 4 is 27.6 Å². The van der Waals surface area contributed by atoms with Crippen LogP contribution >= 0.6 is 0 Å². The zero-order chi connectivity index (χ0) is 17.6. The van der Waals surface area contributed by atoms with Crippen LogP contribution in [0.3, 0.4) is 0 Å². The predicted molar refractivity (Wildman–Crippen MR) is 92.6 cm³/mol. The van der Waals surface area contributed by atoms with Gasteiger partial charge in [0.15, 0.2) is 0 Å². The Balaban J connectivity index is 1.44. The van der Waals surface area contributed by atoms with Crippen molar-refractivity contribution < 1.29 is 18.0 Å². The third-order valence-corrected chi connectivity index (χ3v) is 7.57. The van der Waals surface area contributed by atoms with Gasteiger partial charge in [-0.25, -0.2) is 22.4 Å². The Hall–Kier alpha value is -1.93. The summed E-state index contributed by atoms with van der Waals surface area (Å²) in [5.74, 6) is -0.232. The highest BCUT2D eigenvalue weighted by Gasteiger charge is 2.45. The SMILES string of the molecule is O=C1CN(C2CCN(S(=O)(=O)C3CC3)CC2)C(=O)N1c1ccccc1. The average Bonchev–Trinajstić information content (AvgIpc) is 3.43. The number of benzene rings is 1. The second kappa shape index (κ2) is 6.10. The maximum Gasteiger partial charge on any atom is 0.332 e. The Morgan fingerprint density at radius 1 is 0.920 bits per heavy atom. The average molecular weight is 363 g/mol. The molecule has 3 aliphatic rings. The van der Waals surface area contributed by atoms with Crippen molar-refractivity contribution in [2.75, 3.05) is 24.5 Å². The largest absolute Gasteiger partial charge is 0.332 e. The number of piperidine rings is 1. The number of amides is 3. The summed E-state index contributed by atoms with van der Waals surface area (Å²) in [5, 5.41) is -0.201. The molecule has 0 aromatic heterocycles. The lowest BCUT2D eigenvalue weighted by Crippen LogP contribution is -2.48. The third-order valence-electron chi connectivity index (χ3n) is 5.18. The second-order valence-corrected chi connectivity index (χ2v) is 9.06. The van der Waals surface area contributed by atoms with E-state index in [0.29, 0.717) is 31.6 Å². The molecule has 7 nitrogen and oxygen atoms in total. The fourth-order valence-corrected chi connectivity index (χ4v) is 5.49. The third kappa shape index (κ3) is 2.93. The summed E-state index contributed by atoms with van der Waals surface area (Å²) in [6.07, 6.45) is 2.67. The lowest BCUT2D eigenvalue weighted by molar-refractivity contribution is -0.116. The van der Waals surface area contributed by atoms with Gasteiger partial charge in [0.2, 0.25) is 10.0 Å². The van der Waals surface area contributed by atoms with E-state index >= 15 is 0 Å². The lowest BCUT2D eigenvalue weighted by atomic mass is 10.1. The fraction of sp³-hybridized carbons (Fsp3) is 0.529. The molecule has 134 valence electrons. The van der Waals surface area contributed by atoms with E-state index in [4.69, 9.17) is 0 Å². The van der Waals surface area contributed by atoms with Crippen LogP contribution in [0.4, 0.5) is 10.5 Å². The zero-order valence-corrected chi connectivity index (χ0v) is 14.7. The molecule has 1 aliphatic carbocycles. The molecule has 2 aliphatic heterocycles. The number of para-hydroxylation sites is 1. The van der Waals surface area contributed by atoms with Gasteiger partial charge in [-0.15, -0.1) is 0 Å². The topological polar surface area (TPSA) is 78.0 Å². The molecule has 2 heterocycles. The number of imide groups is 1. The van der Waals surface area contributed by atoms with Crippen LogP contribution in [0.1, 0.15) is 25.7 Å². The number of hydrogen-bond donors (Lipinski definition) is 0. The molecule has 0 spiro atoms. The minimum Gasteiger partial charge on any atom is -0.312 e. The second-order valence-electron chi connectivity index (χ2n) is 6.85. The van der Waals surface area contributed by atoms with E-state index in [9.17, 15) is 18.0 Å². The van der Waals surface area contributed by atoms with Crippen LogP contribution in [0.15, 0.2) is 30.3 Å². The fourth-order valence-electron chi connectivity index (χ4n) is 3.62. The number of sulfonamides is 1. The van der Waals surface area contributed by atoms with Gasteiger partial charge in [-0.1, -0.05) is 18.2 Å². The summed E-state index contributed by atoms with van der Waals surface area (Å²) in [7, 11) is -3.16. The van der Waals surface area contributed by atoms with Crippen molar-refractivity contribution in [2.45, 2.75) is 37.0 Å². The van der Waals surface area contributed by atoms with E-state index in [-0.39, 0.29) is 29.8 Å². The van der Waals surface area contributed by atoms with Crippen molar-refractivity contribution in [1.29, 1.82) is 0 Å². The minimum atomic E-state index is -3.16. The van der Waals surface area contributed by atoms with Gasteiger partial charge < -0.3 is 4.90 Å². The van der Waals surface area contributed by atoms with E-state index in [1.54, 1.807) is 33.5 Å². The van der Waals surface area contributed by atoms with E-state index in [1.165, 1.54) is 4.90 Å². The van der Waals surface area contributed by atoms with E-state index in [1.807, 2.05) is 6.07 Å². The molecule has 1 aromatic carbocycles. The Labute approximate surface area is 147 Å². The van der Waals surface area contributed by atoms with Gasteiger partial charge in [0.25, 0.3) is 5.91 Å². The molecule has 3 amide bonds. The van der Waals surface area contributed by atoms with Crippen LogP contribution in [-0.2, 0) is 14.8 Å². The quantitative estimate of drug-likeness (QED) is 0.758. The van der Waals surface area contributed by atoms with Gasteiger partial charge in [-0.05, 0) is 37.8 Å². The minimum absolute atomic E-state index is 0.0633. The number of urea groups is 1. The van der Waals surface area contributed by atoms with Crippen molar-refractivity contribution in [3.8, 4) is 0 Å². The highest BCUT2D eigenvalue weighted by Crippen LogP contribution is 2.33. The first kappa shape index (κ1) is 16.5. The maximum atomic E-state index is 12.7. The van der Waals surface area contributed by atoms with Gasteiger partial charge in [0, 0.05) is 19.1 Å². The number of carbonyl (C=O) groups excluding carboxylic acids is 2.